The SMILES string of the molecule is CC1=Nc2nc(NC3=CC(C)(C)N3C)c(C)nc2CN1C. The second kappa shape index (κ2) is 4.44. The molecule has 3 heterocycles. The van der Waals surface area contributed by atoms with Crippen molar-refractivity contribution in [2.24, 2.45) is 4.99 Å². The molecule has 0 saturated heterocycles. The van der Waals surface area contributed by atoms with Crippen LogP contribution in [-0.2, 0) is 6.54 Å². The molecule has 1 aromatic heterocycles. The lowest BCUT2D eigenvalue weighted by Crippen LogP contribution is -2.49. The zero-order chi connectivity index (χ0) is 15.4. The maximum Gasteiger partial charge on any atom is 0.179 e. The van der Waals surface area contributed by atoms with Crippen LogP contribution in [0, 0.1) is 6.92 Å². The summed E-state index contributed by atoms with van der Waals surface area (Å²) in [5, 5.41) is 3.36. The Kier molecular flexibility index (Phi) is 2.93. The Hall–Kier alpha value is -2.11. The zero-order valence-electron chi connectivity index (χ0n) is 13.5. The fourth-order valence-corrected chi connectivity index (χ4v) is 2.46. The monoisotopic (exact) mass is 286 g/mol. The van der Waals surface area contributed by atoms with Gasteiger partial charge in [0.2, 0.25) is 0 Å². The number of anilines is 1. The minimum Gasteiger partial charge on any atom is -0.357 e. The van der Waals surface area contributed by atoms with E-state index in [9.17, 15) is 0 Å². The third-order valence-electron chi connectivity index (χ3n) is 4.29. The average molecular weight is 286 g/mol. The lowest BCUT2D eigenvalue weighted by Gasteiger charge is -2.45. The smallest absolute Gasteiger partial charge is 0.179 e. The number of rotatable bonds is 2. The number of aryl methyl sites for hydroxylation is 1. The van der Waals surface area contributed by atoms with Crippen molar-refractivity contribution in [2.75, 3.05) is 19.4 Å². The summed E-state index contributed by atoms with van der Waals surface area (Å²) in [5.41, 5.74) is 1.92. The van der Waals surface area contributed by atoms with Gasteiger partial charge >= 0.3 is 0 Å². The third-order valence-corrected chi connectivity index (χ3v) is 4.29. The molecule has 0 atom stereocenters. The second-order valence-corrected chi connectivity index (χ2v) is 6.31. The van der Waals surface area contributed by atoms with Gasteiger partial charge in [0, 0.05) is 14.1 Å². The zero-order valence-corrected chi connectivity index (χ0v) is 13.5. The van der Waals surface area contributed by atoms with Crippen LogP contribution in [0.25, 0.3) is 0 Å². The molecule has 0 aromatic carbocycles. The van der Waals surface area contributed by atoms with E-state index in [4.69, 9.17) is 0 Å². The molecule has 0 fully saturated rings. The van der Waals surface area contributed by atoms with Gasteiger partial charge in [0.1, 0.15) is 17.4 Å². The summed E-state index contributed by atoms with van der Waals surface area (Å²) in [4.78, 5) is 18.1. The summed E-state index contributed by atoms with van der Waals surface area (Å²) in [6, 6.07) is 0. The summed E-state index contributed by atoms with van der Waals surface area (Å²) < 4.78 is 0. The molecule has 2 aliphatic heterocycles. The Morgan fingerprint density at radius 3 is 2.52 bits per heavy atom. The van der Waals surface area contributed by atoms with Crippen LogP contribution in [0.5, 0.6) is 0 Å². The predicted octanol–water partition coefficient (Wildman–Crippen LogP) is 2.26. The van der Waals surface area contributed by atoms with Crippen LogP contribution in [0.2, 0.25) is 0 Å². The van der Waals surface area contributed by atoms with Gasteiger partial charge in [-0.25, -0.2) is 15.0 Å². The lowest BCUT2D eigenvalue weighted by atomic mass is 9.96. The summed E-state index contributed by atoms with van der Waals surface area (Å²) >= 11 is 0. The van der Waals surface area contributed by atoms with E-state index in [1.807, 2.05) is 20.9 Å². The van der Waals surface area contributed by atoms with Crippen LogP contribution in [-0.4, -0.2) is 45.2 Å². The maximum atomic E-state index is 4.65. The van der Waals surface area contributed by atoms with Crippen molar-refractivity contribution in [2.45, 2.75) is 39.8 Å². The number of amidine groups is 1. The van der Waals surface area contributed by atoms with Crippen molar-refractivity contribution < 1.29 is 0 Å². The first-order valence-corrected chi connectivity index (χ1v) is 7.15. The van der Waals surface area contributed by atoms with Crippen LogP contribution in [0.15, 0.2) is 16.9 Å². The van der Waals surface area contributed by atoms with Gasteiger partial charge in [0.25, 0.3) is 0 Å². The molecule has 1 N–H and O–H groups in total. The molecule has 6 heteroatoms. The van der Waals surface area contributed by atoms with Gasteiger partial charge in [-0.15, -0.1) is 0 Å². The Morgan fingerprint density at radius 1 is 1.19 bits per heavy atom. The molecular weight excluding hydrogens is 264 g/mol. The van der Waals surface area contributed by atoms with E-state index in [0.29, 0.717) is 0 Å². The van der Waals surface area contributed by atoms with E-state index in [2.05, 4.69) is 57.0 Å². The highest BCUT2D eigenvalue weighted by molar-refractivity contribution is 5.83. The molecule has 0 bridgehead atoms. The van der Waals surface area contributed by atoms with Crippen LogP contribution < -0.4 is 5.32 Å². The number of nitrogens with zero attached hydrogens (tertiary/aromatic N) is 5. The van der Waals surface area contributed by atoms with Gasteiger partial charge in [-0.05, 0) is 33.8 Å². The minimum absolute atomic E-state index is 0.0926. The molecule has 1 aromatic rings. The lowest BCUT2D eigenvalue weighted by molar-refractivity contribution is 0.210. The van der Waals surface area contributed by atoms with E-state index in [1.54, 1.807) is 0 Å². The molecule has 6 nitrogen and oxygen atoms in total. The number of hydrogen-bond donors (Lipinski definition) is 1. The highest BCUT2D eigenvalue weighted by atomic mass is 15.3. The molecule has 0 saturated carbocycles. The van der Waals surface area contributed by atoms with E-state index in [-0.39, 0.29) is 5.54 Å². The molecular formula is C15H22N6. The molecule has 3 rings (SSSR count). The van der Waals surface area contributed by atoms with E-state index in [0.717, 1.165) is 41.2 Å². The molecule has 0 radical (unpaired) electrons. The van der Waals surface area contributed by atoms with Gasteiger partial charge in [-0.3, -0.25) is 0 Å². The maximum absolute atomic E-state index is 4.65. The largest absolute Gasteiger partial charge is 0.357 e. The summed E-state index contributed by atoms with van der Waals surface area (Å²) in [6.45, 7) is 9.07. The van der Waals surface area contributed by atoms with Crippen molar-refractivity contribution >= 4 is 17.5 Å². The van der Waals surface area contributed by atoms with E-state index < -0.39 is 0 Å². The van der Waals surface area contributed by atoms with Gasteiger partial charge in [0.05, 0.1) is 17.8 Å². The van der Waals surface area contributed by atoms with Crippen molar-refractivity contribution in [1.82, 2.24) is 19.8 Å². The minimum atomic E-state index is 0.0926. The summed E-state index contributed by atoms with van der Waals surface area (Å²) in [7, 11) is 4.09. The molecule has 0 aliphatic carbocycles. The van der Waals surface area contributed by atoms with Gasteiger partial charge in [-0.2, -0.15) is 0 Å². The second-order valence-electron chi connectivity index (χ2n) is 6.31. The van der Waals surface area contributed by atoms with Gasteiger partial charge in [-0.1, -0.05) is 0 Å². The Balaban J connectivity index is 1.91. The predicted molar refractivity (Wildman–Crippen MR) is 84.6 cm³/mol. The third kappa shape index (κ3) is 2.24. The molecule has 2 aliphatic rings. The van der Waals surface area contributed by atoms with Gasteiger partial charge in [0.15, 0.2) is 11.6 Å². The molecule has 21 heavy (non-hydrogen) atoms. The Labute approximate surface area is 125 Å². The first-order chi connectivity index (χ1) is 9.78. The highest BCUT2D eigenvalue weighted by Gasteiger charge is 2.33. The number of hydrogen-bond acceptors (Lipinski definition) is 6. The van der Waals surface area contributed by atoms with E-state index >= 15 is 0 Å². The Bertz CT molecular complexity index is 658. The first kappa shape index (κ1) is 13.9. The molecule has 0 spiro atoms. The van der Waals surface area contributed by atoms with Crippen LogP contribution in [0.4, 0.5) is 11.6 Å². The normalized spacial score (nSPS) is 19.5. The Morgan fingerprint density at radius 2 is 1.90 bits per heavy atom. The topological polar surface area (TPSA) is 56.7 Å². The van der Waals surface area contributed by atoms with Crippen LogP contribution in [0.1, 0.15) is 32.2 Å². The number of nitrogens with one attached hydrogen (secondary N) is 1. The summed E-state index contributed by atoms with van der Waals surface area (Å²) in [6.07, 6.45) is 2.19. The first-order valence-electron chi connectivity index (χ1n) is 7.15. The van der Waals surface area contributed by atoms with E-state index in [1.165, 1.54) is 0 Å². The average Bonchev–Trinajstić information content (AvgIpc) is 2.41. The molecule has 112 valence electrons. The number of likely N-dealkylation sites (N-methyl/N-ethyl adjacent to an activating group) is 1. The number of aliphatic imine (C=N–C) groups is 1. The number of aromatic nitrogens is 2. The fraction of sp³-hybridized carbons (Fsp3) is 0.533. The van der Waals surface area contributed by atoms with Crippen LogP contribution in [0.3, 0.4) is 0 Å². The van der Waals surface area contributed by atoms with Crippen LogP contribution >= 0.6 is 0 Å². The highest BCUT2D eigenvalue weighted by Crippen LogP contribution is 2.32. The van der Waals surface area contributed by atoms with Crippen molar-refractivity contribution in [1.29, 1.82) is 0 Å². The standard InChI is InChI=1S/C15H22N6/c1-9-13(18-12-7-15(3,4)21(12)6)19-14-11(16-9)8-20(5)10(2)17-14/h7H,8H2,1-6H3,(H,18,19). The van der Waals surface area contributed by atoms with Crippen molar-refractivity contribution in [3.05, 3.63) is 23.3 Å². The van der Waals surface area contributed by atoms with Crippen molar-refractivity contribution in [3.8, 4) is 0 Å². The molecule has 0 amide bonds. The molecule has 0 unspecified atom stereocenters. The van der Waals surface area contributed by atoms with Gasteiger partial charge < -0.3 is 15.1 Å². The number of fused-ring (bicyclic) bond motifs is 1. The quantitative estimate of drug-likeness (QED) is 0.903. The van der Waals surface area contributed by atoms with Crippen molar-refractivity contribution in [3.63, 3.8) is 0 Å². The summed E-state index contributed by atoms with van der Waals surface area (Å²) in [5.74, 6) is 3.53. The fourth-order valence-electron chi connectivity index (χ4n) is 2.46.